The van der Waals surface area contributed by atoms with Crippen molar-refractivity contribution >= 4 is 29.0 Å². The number of rotatable bonds is 9. The number of nitrogens with one attached hydrogen (secondary N) is 1. The van der Waals surface area contributed by atoms with E-state index in [1.54, 1.807) is 31.4 Å². The van der Waals surface area contributed by atoms with Crippen molar-refractivity contribution in [2.75, 3.05) is 25.1 Å². The molecule has 2 N–H and O–H groups in total. The predicted molar refractivity (Wildman–Crippen MR) is 149 cm³/mol. The number of hydrogen-bond acceptors (Lipinski definition) is 8. The van der Waals surface area contributed by atoms with Crippen molar-refractivity contribution in [1.29, 1.82) is 0 Å². The maximum atomic E-state index is 10.1. The quantitative estimate of drug-likeness (QED) is 0.312. The Morgan fingerprint density at radius 1 is 1.16 bits per heavy atom. The standard InChI is InChI=1S/C27H29Cl2N7O2/c1-4-36-25(22(29)12-32-36)24-16(2)27(35-13-17-6-5-9-31-23(17)14-35)34-26(33-24)20-10-19(7-8-21(20)28)38-15-18(37)11-30-3/h5-10,12,18,30,37H,4,11,13-15H2,1-3H3/t18-/m1/s1. The zero-order chi connectivity index (χ0) is 26.8. The summed E-state index contributed by atoms with van der Waals surface area (Å²) in [6, 6.07) is 9.35. The van der Waals surface area contributed by atoms with Gasteiger partial charge in [0.15, 0.2) is 5.82 Å². The van der Waals surface area contributed by atoms with E-state index in [1.807, 2.05) is 30.8 Å². The lowest BCUT2D eigenvalue weighted by Crippen LogP contribution is -2.29. The molecule has 4 heterocycles. The fraction of sp³-hybridized carbons (Fsp3) is 0.333. The van der Waals surface area contributed by atoms with Crippen molar-refractivity contribution in [3.8, 4) is 28.5 Å². The van der Waals surface area contributed by atoms with Crippen LogP contribution in [-0.4, -0.2) is 56.1 Å². The molecule has 1 atom stereocenters. The number of likely N-dealkylation sites (N-methyl/N-ethyl adjacent to an activating group) is 1. The molecule has 0 spiro atoms. The van der Waals surface area contributed by atoms with Gasteiger partial charge < -0.3 is 20.1 Å². The second kappa shape index (κ2) is 11.2. The van der Waals surface area contributed by atoms with Crippen LogP contribution in [0, 0.1) is 6.92 Å². The van der Waals surface area contributed by atoms with E-state index in [1.165, 1.54) is 5.56 Å². The number of pyridine rings is 1. The van der Waals surface area contributed by atoms with Gasteiger partial charge in [-0.05, 0) is 50.7 Å². The zero-order valence-corrected chi connectivity index (χ0v) is 23.0. The molecule has 5 rings (SSSR count). The lowest BCUT2D eigenvalue weighted by atomic mass is 10.1. The van der Waals surface area contributed by atoms with Gasteiger partial charge in [0.25, 0.3) is 0 Å². The molecule has 0 radical (unpaired) electrons. The monoisotopic (exact) mass is 553 g/mol. The fourth-order valence-electron chi connectivity index (χ4n) is 4.60. The molecule has 0 saturated carbocycles. The normalized spacial score (nSPS) is 13.6. The van der Waals surface area contributed by atoms with E-state index >= 15 is 0 Å². The number of fused-ring (bicyclic) bond motifs is 1. The molecule has 1 aliphatic rings. The first kappa shape index (κ1) is 26.4. The Bertz CT molecular complexity index is 1430. The lowest BCUT2D eigenvalue weighted by molar-refractivity contribution is 0.108. The van der Waals surface area contributed by atoms with Crippen molar-refractivity contribution in [3.05, 3.63) is 69.6 Å². The molecule has 0 fully saturated rings. The van der Waals surface area contributed by atoms with Gasteiger partial charge >= 0.3 is 0 Å². The van der Waals surface area contributed by atoms with E-state index in [-0.39, 0.29) is 6.61 Å². The molecule has 0 amide bonds. The predicted octanol–water partition coefficient (Wildman–Crippen LogP) is 4.52. The van der Waals surface area contributed by atoms with E-state index in [0.717, 1.165) is 22.8 Å². The van der Waals surface area contributed by atoms with E-state index in [4.69, 9.17) is 37.9 Å². The van der Waals surface area contributed by atoms with E-state index in [2.05, 4.69) is 26.4 Å². The minimum Gasteiger partial charge on any atom is -0.491 e. The van der Waals surface area contributed by atoms with Crippen LogP contribution in [0.15, 0.2) is 42.7 Å². The number of nitrogens with zero attached hydrogens (tertiary/aromatic N) is 6. The topological polar surface area (TPSA) is 101 Å². The van der Waals surface area contributed by atoms with E-state index in [9.17, 15) is 5.11 Å². The average Bonchev–Trinajstić information content (AvgIpc) is 3.51. The summed E-state index contributed by atoms with van der Waals surface area (Å²) in [5.41, 5.74) is 5.11. The summed E-state index contributed by atoms with van der Waals surface area (Å²) in [6.45, 7) is 6.51. The number of anilines is 1. The highest BCUT2D eigenvalue weighted by atomic mass is 35.5. The van der Waals surface area contributed by atoms with E-state index < -0.39 is 6.10 Å². The average molecular weight is 554 g/mol. The second-order valence-electron chi connectivity index (χ2n) is 9.13. The Morgan fingerprint density at radius 3 is 2.76 bits per heavy atom. The molecule has 3 aromatic heterocycles. The van der Waals surface area contributed by atoms with Crippen LogP contribution in [0.1, 0.15) is 23.7 Å². The van der Waals surface area contributed by atoms with Crippen molar-refractivity contribution in [2.45, 2.75) is 39.6 Å². The number of hydrogen-bond donors (Lipinski definition) is 2. The van der Waals surface area contributed by atoms with Crippen LogP contribution in [0.4, 0.5) is 5.82 Å². The highest BCUT2D eigenvalue weighted by molar-refractivity contribution is 6.33. The third-order valence-electron chi connectivity index (χ3n) is 6.49. The number of aliphatic hydroxyl groups excluding tert-OH is 1. The molecule has 0 saturated heterocycles. The Morgan fingerprint density at radius 2 is 2.00 bits per heavy atom. The first-order valence-corrected chi connectivity index (χ1v) is 13.2. The minimum atomic E-state index is -0.644. The SMILES string of the molecule is CCn1ncc(Cl)c1-c1nc(-c2cc(OC[C@H](O)CNC)ccc2Cl)nc(N2Cc3cccnc3C2)c1C. The summed E-state index contributed by atoms with van der Waals surface area (Å²) in [4.78, 5) is 16.7. The van der Waals surface area contributed by atoms with Gasteiger partial charge in [0, 0.05) is 37.0 Å². The van der Waals surface area contributed by atoms with Crippen molar-refractivity contribution in [2.24, 2.45) is 0 Å². The Balaban J connectivity index is 1.61. The summed E-state index contributed by atoms with van der Waals surface area (Å²) in [5.74, 6) is 1.77. The van der Waals surface area contributed by atoms with Crippen LogP contribution in [0.5, 0.6) is 5.75 Å². The molecule has 1 aliphatic heterocycles. The summed E-state index contributed by atoms with van der Waals surface area (Å²) >= 11 is 13.3. The molecular formula is C27H29Cl2N7O2. The van der Waals surface area contributed by atoms with Gasteiger partial charge in [-0.3, -0.25) is 9.67 Å². The Labute approximate surface area is 231 Å². The second-order valence-corrected chi connectivity index (χ2v) is 9.95. The largest absolute Gasteiger partial charge is 0.491 e. The van der Waals surface area contributed by atoms with Crippen LogP contribution in [0.2, 0.25) is 10.0 Å². The molecule has 0 bridgehead atoms. The fourth-order valence-corrected chi connectivity index (χ4v) is 5.04. The highest BCUT2D eigenvalue weighted by Crippen LogP contribution is 2.38. The van der Waals surface area contributed by atoms with Crippen molar-refractivity contribution < 1.29 is 9.84 Å². The van der Waals surface area contributed by atoms with Gasteiger partial charge in [-0.25, -0.2) is 9.97 Å². The number of aromatic nitrogens is 5. The van der Waals surface area contributed by atoms with Gasteiger partial charge in [0.1, 0.15) is 30.0 Å². The summed E-state index contributed by atoms with van der Waals surface area (Å²) in [5, 5.41) is 18.4. The molecular weight excluding hydrogens is 525 g/mol. The summed E-state index contributed by atoms with van der Waals surface area (Å²) in [6.07, 6.45) is 2.80. The maximum absolute atomic E-state index is 10.1. The van der Waals surface area contributed by atoms with Gasteiger partial charge in [-0.1, -0.05) is 29.3 Å². The van der Waals surface area contributed by atoms with Crippen LogP contribution in [-0.2, 0) is 19.6 Å². The first-order valence-electron chi connectivity index (χ1n) is 12.4. The van der Waals surface area contributed by atoms with Gasteiger partial charge in [0.05, 0.1) is 34.2 Å². The number of benzene rings is 1. The van der Waals surface area contributed by atoms with Crippen molar-refractivity contribution in [3.63, 3.8) is 0 Å². The van der Waals surface area contributed by atoms with Crippen molar-refractivity contribution in [1.82, 2.24) is 30.0 Å². The van der Waals surface area contributed by atoms with Gasteiger partial charge in [-0.15, -0.1) is 0 Å². The summed E-state index contributed by atoms with van der Waals surface area (Å²) in [7, 11) is 1.78. The Hall–Kier alpha value is -3.24. The van der Waals surface area contributed by atoms with Crippen LogP contribution in [0.3, 0.4) is 0 Å². The third kappa shape index (κ3) is 5.19. The number of aryl methyl sites for hydroxylation is 1. The number of ether oxygens (including phenoxy) is 1. The molecule has 4 aromatic rings. The number of aliphatic hydroxyl groups is 1. The number of halogens is 2. The smallest absolute Gasteiger partial charge is 0.163 e. The molecule has 0 aliphatic carbocycles. The third-order valence-corrected chi connectivity index (χ3v) is 7.09. The Kier molecular flexibility index (Phi) is 7.80. The molecule has 1 aromatic carbocycles. The maximum Gasteiger partial charge on any atom is 0.163 e. The minimum absolute atomic E-state index is 0.136. The van der Waals surface area contributed by atoms with Gasteiger partial charge in [-0.2, -0.15) is 5.10 Å². The molecule has 11 heteroatoms. The van der Waals surface area contributed by atoms with E-state index in [0.29, 0.717) is 59.1 Å². The van der Waals surface area contributed by atoms with Crippen LogP contribution in [0.25, 0.3) is 22.8 Å². The first-order chi connectivity index (χ1) is 18.4. The van der Waals surface area contributed by atoms with Crippen LogP contribution >= 0.6 is 23.2 Å². The molecule has 0 unspecified atom stereocenters. The molecule has 9 nitrogen and oxygen atoms in total. The van der Waals surface area contributed by atoms with Gasteiger partial charge in [0.2, 0.25) is 0 Å². The zero-order valence-electron chi connectivity index (χ0n) is 21.4. The molecule has 198 valence electrons. The highest BCUT2D eigenvalue weighted by Gasteiger charge is 2.27. The van der Waals surface area contributed by atoms with Crippen LogP contribution < -0.4 is 15.0 Å². The summed E-state index contributed by atoms with van der Waals surface area (Å²) < 4.78 is 7.66. The lowest BCUT2D eigenvalue weighted by Gasteiger charge is -2.22. The molecule has 38 heavy (non-hydrogen) atoms.